The molecule has 98 valence electrons. The number of nitrogens with two attached hydrogens (primary N) is 1. The number of hydrogen-bond acceptors (Lipinski definition) is 4. The molecule has 1 amide bonds. The largest absolute Gasteiger partial charge is 0.497 e. The van der Waals surface area contributed by atoms with Crippen LogP contribution in [0, 0.1) is 0 Å². The van der Waals surface area contributed by atoms with Crippen LogP contribution in [0.25, 0.3) is 0 Å². The maximum absolute atomic E-state index is 12.0. The summed E-state index contributed by atoms with van der Waals surface area (Å²) in [7, 11) is 1.54. The Labute approximate surface area is 115 Å². The maximum Gasteiger partial charge on any atom is 0.274 e. The number of nitrogen functional groups attached to an aromatic ring is 1. The van der Waals surface area contributed by atoms with Crippen molar-refractivity contribution >= 4 is 28.9 Å². The lowest BCUT2D eigenvalue weighted by molar-refractivity contribution is 0.102. The fourth-order valence-corrected chi connectivity index (χ4v) is 1.58. The van der Waals surface area contributed by atoms with Crippen LogP contribution in [0.5, 0.6) is 5.75 Å². The molecule has 0 unspecified atom stereocenters. The third-order valence-corrected chi connectivity index (χ3v) is 2.69. The van der Waals surface area contributed by atoms with E-state index in [9.17, 15) is 4.79 Å². The van der Waals surface area contributed by atoms with Crippen LogP contribution in [0.15, 0.2) is 36.5 Å². The van der Waals surface area contributed by atoms with Crippen LogP contribution in [0.3, 0.4) is 0 Å². The van der Waals surface area contributed by atoms with Gasteiger partial charge in [0.15, 0.2) is 0 Å². The number of carbonyl (C=O) groups excluding carboxylic acids is 1. The van der Waals surface area contributed by atoms with Crippen LogP contribution in [-0.2, 0) is 0 Å². The fraction of sp³-hybridized carbons (Fsp3) is 0.0769. The molecule has 2 aromatic rings. The lowest BCUT2D eigenvalue weighted by Crippen LogP contribution is -2.14. The Morgan fingerprint density at radius 1 is 1.37 bits per heavy atom. The number of pyridine rings is 1. The lowest BCUT2D eigenvalue weighted by atomic mass is 10.2. The number of nitrogens with zero attached hydrogens (tertiary/aromatic N) is 1. The van der Waals surface area contributed by atoms with Gasteiger partial charge in [0.25, 0.3) is 5.91 Å². The van der Waals surface area contributed by atoms with Crippen molar-refractivity contribution in [3.05, 3.63) is 47.2 Å². The van der Waals surface area contributed by atoms with Gasteiger partial charge in [-0.1, -0.05) is 11.6 Å². The number of hydrogen-bond donors (Lipinski definition) is 2. The number of aromatic nitrogens is 1. The topological polar surface area (TPSA) is 77.2 Å². The molecule has 0 aliphatic rings. The normalized spacial score (nSPS) is 10.0. The number of carbonyl (C=O) groups is 1. The van der Waals surface area contributed by atoms with Gasteiger partial charge < -0.3 is 15.8 Å². The predicted octanol–water partition coefficient (Wildman–Crippen LogP) is 2.58. The summed E-state index contributed by atoms with van der Waals surface area (Å²) in [6, 6.07) is 8.14. The zero-order chi connectivity index (χ0) is 13.8. The molecule has 0 spiro atoms. The number of methoxy groups -OCH3 is 1. The van der Waals surface area contributed by atoms with Crippen LogP contribution in [-0.4, -0.2) is 18.0 Å². The molecule has 0 bridgehead atoms. The smallest absolute Gasteiger partial charge is 0.274 e. The second-order valence-electron chi connectivity index (χ2n) is 3.77. The molecule has 0 saturated carbocycles. The van der Waals surface area contributed by atoms with Gasteiger partial charge in [-0.25, -0.2) is 4.98 Å². The molecule has 0 aliphatic heterocycles. The molecule has 2 rings (SSSR count). The van der Waals surface area contributed by atoms with Gasteiger partial charge >= 0.3 is 0 Å². The van der Waals surface area contributed by atoms with Gasteiger partial charge in [-0.15, -0.1) is 0 Å². The van der Waals surface area contributed by atoms with Gasteiger partial charge in [-0.3, -0.25) is 4.79 Å². The van der Waals surface area contributed by atoms with Crippen molar-refractivity contribution in [2.45, 2.75) is 0 Å². The number of amides is 1. The number of rotatable bonds is 3. The van der Waals surface area contributed by atoms with E-state index in [4.69, 9.17) is 22.1 Å². The first kappa shape index (κ1) is 13.2. The third-order valence-electron chi connectivity index (χ3n) is 2.47. The molecule has 0 fully saturated rings. The second kappa shape index (κ2) is 5.58. The summed E-state index contributed by atoms with van der Waals surface area (Å²) in [6.07, 6.45) is 1.41. The minimum atomic E-state index is -0.364. The Morgan fingerprint density at radius 3 is 2.79 bits per heavy atom. The number of anilines is 2. The van der Waals surface area contributed by atoms with Crippen LogP contribution < -0.4 is 15.8 Å². The molecule has 3 N–H and O–H groups in total. The van der Waals surface area contributed by atoms with Crippen LogP contribution >= 0.6 is 11.6 Å². The van der Waals surface area contributed by atoms with Gasteiger partial charge in [0.1, 0.15) is 11.4 Å². The van der Waals surface area contributed by atoms with E-state index in [1.807, 2.05) is 0 Å². The number of benzene rings is 1. The average Bonchev–Trinajstić information content (AvgIpc) is 2.42. The molecule has 0 radical (unpaired) electrons. The van der Waals surface area contributed by atoms with E-state index in [2.05, 4.69) is 10.3 Å². The molecular formula is C13H12ClN3O2. The van der Waals surface area contributed by atoms with Gasteiger partial charge in [0, 0.05) is 12.3 Å². The Bertz CT molecular complexity index is 599. The van der Waals surface area contributed by atoms with Crippen LogP contribution in [0.1, 0.15) is 10.5 Å². The third kappa shape index (κ3) is 3.14. The molecule has 1 heterocycles. The highest BCUT2D eigenvalue weighted by Crippen LogP contribution is 2.24. The van der Waals surface area contributed by atoms with E-state index in [1.54, 1.807) is 24.3 Å². The summed E-state index contributed by atoms with van der Waals surface area (Å²) < 4.78 is 5.07. The molecule has 0 atom stereocenters. The Balaban J connectivity index is 2.21. The summed E-state index contributed by atoms with van der Waals surface area (Å²) >= 11 is 5.71. The quantitative estimate of drug-likeness (QED) is 0.846. The standard InChI is InChI=1S/C13H12ClN3O2/c1-19-9-3-4-10(15)12(6-9)17-13(18)11-5-2-8(14)7-16-11/h2-7H,15H2,1H3,(H,17,18). The first-order chi connectivity index (χ1) is 9.10. The Kier molecular flexibility index (Phi) is 3.87. The first-order valence-corrected chi connectivity index (χ1v) is 5.84. The maximum atomic E-state index is 12.0. The van der Waals surface area contributed by atoms with Crippen molar-refractivity contribution in [1.82, 2.24) is 4.98 Å². The summed E-state index contributed by atoms with van der Waals surface area (Å²) in [5.41, 5.74) is 6.96. The average molecular weight is 278 g/mol. The molecule has 0 saturated heterocycles. The lowest BCUT2D eigenvalue weighted by Gasteiger charge is -2.09. The number of halogens is 1. The zero-order valence-corrected chi connectivity index (χ0v) is 10.9. The summed E-state index contributed by atoms with van der Waals surface area (Å²) in [5, 5.41) is 3.14. The van der Waals surface area contributed by atoms with E-state index in [0.717, 1.165) is 0 Å². The van der Waals surface area contributed by atoms with Crippen molar-refractivity contribution < 1.29 is 9.53 Å². The SMILES string of the molecule is COc1ccc(N)c(NC(=O)c2ccc(Cl)cn2)c1. The summed E-state index contributed by atoms with van der Waals surface area (Å²) in [6.45, 7) is 0. The van der Waals surface area contributed by atoms with Crippen molar-refractivity contribution in [3.8, 4) is 5.75 Å². The number of nitrogens with one attached hydrogen (secondary N) is 1. The summed E-state index contributed by atoms with van der Waals surface area (Å²) in [5.74, 6) is 0.241. The second-order valence-corrected chi connectivity index (χ2v) is 4.21. The van der Waals surface area contributed by atoms with Crippen molar-refractivity contribution in [3.63, 3.8) is 0 Å². The van der Waals surface area contributed by atoms with E-state index >= 15 is 0 Å². The first-order valence-electron chi connectivity index (χ1n) is 5.46. The van der Waals surface area contributed by atoms with Gasteiger partial charge in [-0.05, 0) is 24.3 Å². The minimum Gasteiger partial charge on any atom is -0.497 e. The molecule has 5 nitrogen and oxygen atoms in total. The highest BCUT2D eigenvalue weighted by Gasteiger charge is 2.10. The Morgan fingerprint density at radius 2 is 2.16 bits per heavy atom. The van der Waals surface area contributed by atoms with Crippen molar-refractivity contribution in [2.24, 2.45) is 0 Å². The van der Waals surface area contributed by atoms with Gasteiger partial charge in [0.05, 0.1) is 23.5 Å². The van der Waals surface area contributed by atoms with Crippen molar-refractivity contribution in [1.29, 1.82) is 0 Å². The van der Waals surface area contributed by atoms with E-state index in [-0.39, 0.29) is 11.6 Å². The summed E-state index contributed by atoms with van der Waals surface area (Å²) in [4.78, 5) is 15.9. The highest BCUT2D eigenvalue weighted by molar-refractivity contribution is 6.30. The monoisotopic (exact) mass is 277 g/mol. The molecular weight excluding hydrogens is 266 g/mol. The zero-order valence-electron chi connectivity index (χ0n) is 10.2. The van der Waals surface area contributed by atoms with E-state index in [0.29, 0.717) is 22.1 Å². The minimum absolute atomic E-state index is 0.256. The molecule has 1 aromatic carbocycles. The fourth-order valence-electron chi connectivity index (χ4n) is 1.47. The van der Waals surface area contributed by atoms with Crippen LogP contribution in [0.2, 0.25) is 5.02 Å². The van der Waals surface area contributed by atoms with Crippen molar-refractivity contribution in [2.75, 3.05) is 18.2 Å². The van der Waals surface area contributed by atoms with Gasteiger partial charge in [0.2, 0.25) is 0 Å². The molecule has 0 aliphatic carbocycles. The Hall–Kier alpha value is -2.27. The molecule has 6 heteroatoms. The predicted molar refractivity (Wildman–Crippen MR) is 74.6 cm³/mol. The highest BCUT2D eigenvalue weighted by atomic mass is 35.5. The van der Waals surface area contributed by atoms with Gasteiger partial charge in [-0.2, -0.15) is 0 Å². The molecule has 1 aromatic heterocycles. The van der Waals surface area contributed by atoms with Crippen LogP contribution in [0.4, 0.5) is 11.4 Å². The van der Waals surface area contributed by atoms with E-state index < -0.39 is 0 Å². The number of ether oxygens (including phenoxy) is 1. The molecule has 19 heavy (non-hydrogen) atoms. The van der Waals surface area contributed by atoms with E-state index in [1.165, 1.54) is 19.4 Å².